The second kappa shape index (κ2) is 7.15. The van der Waals surface area contributed by atoms with Crippen LogP contribution in [0.15, 0.2) is 48.9 Å². The minimum absolute atomic E-state index is 0.0161. The van der Waals surface area contributed by atoms with Crippen molar-refractivity contribution in [1.29, 1.82) is 0 Å². The second-order valence-electron chi connectivity index (χ2n) is 6.94. The molecule has 3 aromatic rings. The number of carbonyl (C=O) groups is 1. The molecule has 0 radical (unpaired) electrons. The highest BCUT2D eigenvalue weighted by atomic mass is 16.2. The molecule has 1 aromatic carbocycles. The van der Waals surface area contributed by atoms with Crippen molar-refractivity contribution in [2.75, 3.05) is 18.4 Å². The molecule has 6 nitrogen and oxygen atoms in total. The Morgan fingerprint density at radius 3 is 3.00 bits per heavy atom. The lowest BCUT2D eigenvalue weighted by Gasteiger charge is -2.33. The summed E-state index contributed by atoms with van der Waals surface area (Å²) < 4.78 is 2.10. The first-order chi connectivity index (χ1) is 12.7. The number of benzene rings is 1. The molecule has 0 aliphatic carbocycles. The van der Waals surface area contributed by atoms with Crippen LogP contribution < -0.4 is 5.32 Å². The number of imidazole rings is 1. The molecule has 1 N–H and O–H groups in total. The Kier molecular flexibility index (Phi) is 4.56. The van der Waals surface area contributed by atoms with E-state index in [1.54, 1.807) is 6.20 Å². The van der Waals surface area contributed by atoms with Gasteiger partial charge in [-0.15, -0.1) is 0 Å². The number of carbonyl (C=O) groups excluding carboxylic acids is 1. The summed E-state index contributed by atoms with van der Waals surface area (Å²) in [5.74, 6) is 0.408. The van der Waals surface area contributed by atoms with Crippen LogP contribution in [0.3, 0.4) is 0 Å². The summed E-state index contributed by atoms with van der Waals surface area (Å²) >= 11 is 0. The van der Waals surface area contributed by atoms with Gasteiger partial charge in [-0.1, -0.05) is 18.2 Å². The molecule has 0 spiro atoms. The van der Waals surface area contributed by atoms with Crippen LogP contribution in [0.5, 0.6) is 0 Å². The molecule has 1 fully saturated rings. The van der Waals surface area contributed by atoms with Crippen LogP contribution in [0.4, 0.5) is 10.5 Å². The van der Waals surface area contributed by atoms with E-state index >= 15 is 0 Å². The van der Waals surface area contributed by atoms with E-state index in [9.17, 15) is 4.79 Å². The number of amides is 2. The van der Waals surface area contributed by atoms with Crippen molar-refractivity contribution < 1.29 is 4.79 Å². The van der Waals surface area contributed by atoms with Gasteiger partial charge in [0.05, 0.1) is 6.33 Å². The van der Waals surface area contributed by atoms with E-state index in [4.69, 9.17) is 0 Å². The third-order valence-corrected chi connectivity index (χ3v) is 5.02. The molecular weight excluding hydrogens is 326 g/mol. The molecular formula is C20H23N5O. The van der Waals surface area contributed by atoms with Gasteiger partial charge in [-0.2, -0.15) is 0 Å². The highest BCUT2D eigenvalue weighted by molar-refractivity contribution is 5.90. The largest absolute Gasteiger partial charge is 0.324 e. The lowest BCUT2D eigenvalue weighted by atomic mass is 9.98. The van der Waals surface area contributed by atoms with Gasteiger partial charge in [-0.3, -0.25) is 0 Å². The van der Waals surface area contributed by atoms with Gasteiger partial charge in [0, 0.05) is 31.5 Å². The zero-order valence-corrected chi connectivity index (χ0v) is 14.9. The van der Waals surface area contributed by atoms with Crippen molar-refractivity contribution in [2.45, 2.75) is 26.3 Å². The Labute approximate surface area is 152 Å². The number of rotatable bonds is 3. The predicted molar refractivity (Wildman–Crippen MR) is 102 cm³/mol. The fraction of sp³-hybridized carbons (Fsp3) is 0.350. The molecule has 4 rings (SSSR count). The first-order valence-corrected chi connectivity index (χ1v) is 9.08. The van der Waals surface area contributed by atoms with Crippen molar-refractivity contribution in [3.63, 3.8) is 0 Å². The normalized spacial score (nSPS) is 17.4. The number of hydrogen-bond donors (Lipinski definition) is 1. The number of hydrogen-bond acceptors (Lipinski definition) is 3. The van der Waals surface area contributed by atoms with Crippen molar-refractivity contribution >= 4 is 22.9 Å². The third-order valence-electron chi connectivity index (χ3n) is 5.02. The van der Waals surface area contributed by atoms with Crippen LogP contribution in [0.25, 0.3) is 11.2 Å². The summed E-state index contributed by atoms with van der Waals surface area (Å²) in [6, 6.07) is 11.7. The van der Waals surface area contributed by atoms with Gasteiger partial charge in [0.2, 0.25) is 0 Å². The van der Waals surface area contributed by atoms with Crippen LogP contribution in [0.2, 0.25) is 0 Å². The number of nitrogens with one attached hydrogen (secondary N) is 1. The van der Waals surface area contributed by atoms with E-state index in [-0.39, 0.29) is 6.03 Å². The molecule has 26 heavy (non-hydrogen) atoms. The van der Waals surface area contributed by atoms with Gasteiger partial charge in [0.1, 0.15) is 5.52 Å². The smallest absolute Gasteiger partial charge is 0.321 e. The van der Waals surface area contributed by atoms with Crippen LogP contribution in [0, 0.1) is 12.8 Å². The molecule has 2 amide bonds. The standard InChI is InChI=1S/C20H23N5O/c1-15-6-2-3-8-17(15)23-20(26)24-11-5-7-16(12-24)13-25-14-22-18-9-4-10-21-19(18)25/h2-4,6,8-10,14,16H,5,7,11-13H2,1H3,(H,23,26). The number of piperidine rings is 1. The molecule has 3 heterocycles. The molecule has 1 aliphatic heterocycles. The average Bonchev–Trinajstić information content (AvgIpc) is 3.07. The molecule has 6 heteroatoms. The monoisotopic (exact) mass is 349 g/mol. The lowest BCUT2D eigenvalue weighted by molar-refractivity contribution is 0.171. The van der Waals surface area contributed by atoms with E-state index in [0.717, 1.165) is 54.9 Å². The van der Waals surface area contributed by atoms with Crippen LogP contribution >= 0.6 is 0 Å². The summed E-state index contributed by atoms with van der Waals surface area (Å²) in [4.78, 5) is 23.4. The Hall–Kier alpha value is -2.89. The minimum Gasteiger partial charge on any atom is -0.324 e. The molecule has 0 bridgehead atoms. The highest BCUT2D eigenvalue weighted by Gasteiger charge is 2.24. The lowest BCUT2D eigenvalue weighted by Crippen LogP contribution is -2.43. The van der Waals surface area contributed by atoms with Gasteiger partial charge < -0.3 is 14.8 Å². The average molecular weight is 349 g/mol. The van der Waals surface area contributed by atoms with Crippen LogP contribution in [-0.2, 0) is 6.54 Å². The Morgan fingerprint density at radius 1 is 1.23 bits per heavy atom. The van der Waals surface area contributed by atoms with E-state index in [1.807, 2.05) is 54.5 Å². The van der Waals surface area contributed by atoms with E-state index in [0.29, 0.717) is 5.92 Å². The Balaban J connectivity index is 1.42. The summed E-state index contributed by atoms with van der Waals surface area (Å²) in [7, 11) is 0. The first kappa shape index (κ1) is 16.6. The summed E-state index contributed by atoms with van der Waals surface area (Å²) in [6.07, 6.45) is 5.78. The number of likely N-dealkylation sites (tertiary alicyclic amines) is 1. The van der Waals surface area contributed by atoms with Gasteiger partial charge in [0.15, 0.2) is 5.65 Å². The van der Waals surface area contributed by atoms with Crippen LogP contribution in [0.1, 0.15) is 18.4 Å². The van der Waals surface area contributed by atoms with E-state index in [1.165, 1.54) is 0 Å². The molecule has 1 unspecified atom stereocenters. The molecule has 1 saturated heterocycles. The minimum atomic E-state index is -0.0161. The van der Waals surface area contributed by atoms with Gasteiger partial charge in [-0.25, -0.2) is 14.8 Å². The number of para-hydroxylation sites is 1. The van der Waals surface area contributed by atoms with Gasteiger partial charge in [0.25, 0.3) is 0 Å². The Bertz CT molecular complexity index is 919. The van der Waals surface area contributed by atoms with Crippen molar-refractivity contribution in [3.8, 4) is 0 Å². The third kappa shape index (κ3) is 3.40. The molecule has 1 atom stereocenters. The van der Waals surface area contributed by atoms with Gasteiger partial charge in [-0.05, 0) is 49.4 Å². The zero-order chi connectivity index (χ0) is 17.9. The van der Waals surface area contributed by atoms with Gasteiger partial charge >= 0.3 is 6.03 Å². The molecule has 134 valence electrons. The summed E-state index contributed by atoms with van der Waals surface area (Å²) in [5.41, 5.74) is 3.78. The summed E-state index contributed by atoms with van der Waals surface area (Å²) in [5, 5.41) is 3.04. The molecule has 2 aromatic heterocycles. The number of pyridine rings is 1. The zero-order valence-electron chi connectivity index (χ0n) is 14.9. The fourth-order valence-electron chi connectivity index (χ4n) is 3.61. The number of nitrogens with zero attached hydrogens (tertiary/aromatic N) is 4. The second-order valence-corrected chi connectivity index (χ2v) is 6.94. The van der Waals surface area contributed by atoms with E-state index < -0.39 is 0 Å². The number of anilines is 1. The van der Waals surface area contributed by atoms with E-state index in [2.05, 4.69) is 19.9 Å². The number of aryl methyl sites for hydroxylation is 1. The first-order valence-electron chi connectivity index (χ1n) is 9.08. The predicted octanol–water partition coefficient (Wildman–Crippen LogP) is 3.68. The number of fused-ring (bicyclic) bond motifs is 1. The van der Waals surface area contributed by atoms with Crippen molar-refractivity contribution in [2.24, 2.45) is 5.92 Å². The fourth-order valence-corrected chi connectivity index (χ4v) is 3.61. The SMILES string of the molecule is Cc1ccccc1NC(=O)N1CCCC(Cn2cnc3cccnc32)C1. The highest BCUT2D eigenvalue weighted by Crippen LogP contribution is 2.22. The summed E-state index contributed by atoms with van der Waals surface area (Å²) in [6.45, 7) is 4.40. The quantitative estimate of drug-likeness (QED) is 0.784. The maximum atomic E-state index is 12.7. The molecule has 1 aliphatic rings. The number of aromatic nitrogens is 3. The van der Waals surface area contributed by atoms with Crippen LogP contribution in [-0.4, -0.2) is 38.6 Å². The molecule has 0 saturated carbocycles. The van der Waals surface area contributed by atoms with Crippen molar-refractivity contribution in [1.82, 2.24) is 19.4 Å². The topological polar surface area (TPSA) is 63.1 Å². The maximum Gasteiger partial charge on any atom is 0.321 e. The van der Waals surface area contributed by atoms with Crippen molar-refractivity contribution in [3.05, 3.63) is 54.5 Å². The number of urea groups is 1. The Morgan fingerprint density at radius 2 is 2.12 bits per heavy atom. The maximum absolute atomic E-state index is 12.7.